The van der Waals surface area contributed by atoms with Gasteiger partial charge in [-0.3, -0.25) is 10.6 Å². The lowest BCUT2D eigenvalue weighted by Gasteiger charge is -2.17. The Morgan fingerprint density at radius 1 is 1.39 bits per heavy atom. The summed E-state index contributed by atoms with van der Waals surface area (Å²) in [6.07, 6.45) is -1.83. The highest BCUT2D eigenvalue weighted by Gasteiger charge is 2.33. The number of anilines is 1. The Bertz CT molecular complexity index is 459. The summed E-state index contributed by atoms with van der Waals surface area (Å²) in [5, 5.41) is 19.3. The number of carbonyl (C=O) groups is 1. The van der Waals surface area contributed by atoms with Crippen LogP contribution >= 0.6 is 11.6 Å². The molecule has 1 aliphatic rings. The second-order valence-electron chi connectivity index (χ2n) is 4.18. The maximum atomic E-state index is 12.2. The molecule has 1 amide bonds. The number of carbonyl (C=O) groups excluding carboxylic acids is 1. The number of amides is 1. The van der Waals surface area contributed by atoms with E-state index in [1.807, 2.05) is 0 Å². The fourth-order valence-electron chi connectivity index (χ4n) is 1.92. The second-order valence-corrected chi connectivity index (χ2v) is 4.62. The van der Waals surface area contributed by atoms with E-state index in [0.29, 0.717) is 16.3 Å². The van der Waals surface area contributed by atoms with Crippen molar-refractivity contribution in [2.24, 2.45) is 5.84 Å². The zero-order chi connectivity index (χ0) is 13.3. The summed E-state index contributed by atoms with van der Waals surface area (Å²) in [6, 6.07) is 4.70. The molecule has 0 spiro atoms. The Labute approximate surface area is 109 Å². The topological polar surface area (TPSA) is 98.8 Å². The summed E-state index contributed by atoms with van der Waals surface area (Å²) < 4.78 is 0. The van der Waals surface area contributed by atoms with Gasteiger partial charge in [-0.05, 0) is 18.2 Å². The minimum Gasteiger partial charge on any atom is -0.388 e. The van der Waals surface area contributed by atoms with Crippen molar-refractivity contribution in [2.75, 3.05) is 18.5 Å². The van der Waals surface area contributed by atoms with Crippen LogP contribution in [0.4, 0.5) is 5.69 Å². The predicted octanol–water partition coefficient (Wildman–Crippen LogP) is -0.197. The van der Waals surface area contributed by atoms with E-state index in [1.165, 1.54) is 11.0 Å². The highest BCUT2D eigenvalue weighted by molar-refractivity contribution is 6.31. The van der Waals surface area contributed by atoms with E-state index in [1.54, 1.807) is 12.1 Å². The van der Waals surface area contributed by atoms with Crippen LogP contribution in [0.5, 0.6) is 0 Å². The molecular formula is C11H14ClN3O3. The molecular weight excluding hydrogens is 258 g/mol. The molecule has 0 bridgehead atoms. The van der Waals surface area contributed by atoms with Gasteiger partial charge in [0.25, 0.3) is 5.91 Å². The van der Waals surface area contributed by atoms with Crippen LogP contribution in [0, 0.1) is 0 Å². The number of aliphatic hydroxyl groups is 2. The second kappa shape index (κ2) is 5.11. The molecule has 6 nitrogen and oxygen atoms in total. The van der Waals surface area contributed by atoms with E-state index in [0.717, 1.165) is 0 Å². The number of benzene rings is 1. The molecule has 5 N–H and O–H groups in total. The van der Waals surface area contributed by atoms with Crippen molar-refractivity contribution in [3.05, 3.63) is 28.8 Å². The monoisotopic (exact) mass is 271 g/mol. The maximum absolute atomic E-state index is 12.2. The van der Waals surface area contributed by atoms with Gasteiger partial charge >= 0.3 is 0 Å². The van der Waals surface area contributed by atoms with Crippen molar-refractivity contribution in [1.29, 1.82) is 0 Å². The van der Waals surface area contributed by atoms with Crippen LogP contribution < -0.4 is 11.3 Å². The first-order valence-corrected chi connectivity index (χ1v) is 5.82. The summed E-state index contributed by atoms with van der Waals surface area (Å²) in [4.78, 5) is 13.6. The SMILES string of the molecule is NNc1ccc(Cl)cc1C(=O)N1CC(O)C(O)C1. The molecule has 1 saturated heterocycles. The Morgan fingerprint density at radius 2 is 2.00 bits per heavy atom. The number of β-amino-alcohol motifs (C(OH)–C–C–N with tert-alkyl or cyclic N) is 2. The summed E-state index contributed by atoms with van der Waals surface area (Å²) >= 11 is 5.84. The summed E-state index contributed by atoms with van der Waals surface area (Å²) in [7, 11) is 0. The van der Waals surface area contributed by atoms with Gasteiger partial charge in [0.1, 0.15) is 0 Å². The molecule has 2 atom stereocenters. The molecule has 0 radical (unpaired) electrons. The quantitative estimate of drug-likeness (QED) is 0.441. The molecule has 1 aromatic carbocycles. The average Bonchev–Trinajstić information content (AvgIpc) is 2.68. The predicted molar refractivity (Wildman–Crippen MR) is 67.2 cm³/mol. The number of hydrogen-bond donors (Lipinski definition) is 4. The number of nitrogens with two attached hydrogens (primary N) is 1. The van der Waals surface area contributed by atoms with Gasteiger partial charge in [-0.25, -0.2) is 0 Å². The van der Waals surface area contributed by atoms with Crippen LogP contribution in [-0.4, -0.2) is 46.3 Å². The first kappa shape index (κ1) is 13.1. The fourth-order valence-corrected chi connectivity index (χ4v) is 2.10. The lowest BCUT2D eigenvalue weighted by atomic mass is 10.1. The molecule has 2 rings (SSSR count). The van der Waals surface area contributed by atoms with E-state index < -0.39 is 12.2 Å². The number of hydrogen-bond acceptors (Lipinski definition) is 5. The molecule has 0 aromatic heterocycles. The Kier molecular flexibility index (Phi) is 3.72. The molecule has 0 saturated carbocycles. The Balaban J connectivity index is 2.26. The number of nitrogens with zero attached hydrogens (tertiary/aromatic N) is 1. The summed E-state index contributed by atoms with van der Waals surface area (Å²) in [5.74, 6) is 5.00. The zero-order valence-corrected chi connectivity index (χ0v) is 10.3. The number of halogens is 1. The minimum atomic E-state index is -0.914. The van der Waals surface area contributed by atoms with Crippen LogP contribution in [0.3, 0.4) is 0 Å². The number of nitrogens with one attached hydrogen (secondary N) is 1. The summed E-state index contributed by atoms with van der Waals surface area (Å²) in [5.41, 5.74) is 3.17. The van der Waals surface area contributed by atoms with Gasteiger partial charge in [-0.1, -0.05) is 11.6 Å². The summed E-state index contributed by atoms with van der Waals surface area (Å²) in [6.45, 7) is 0.188. The van der Waals surface area contributed by atoms with Gasteiger partial charge in [-0.2, -0.15) is 0 Å². The average molecular weight is 272 g/mol. The molecule has 0 aliphatic carbocycles. The number of nitrogen functional groups attached to an aromatic ring is 1. The number of rotatable bonds is 2. The van der Waals surface area contributed by atoms with Crippen LogP contribution in [-0.2, 0) is 0 Å². The van der Waals surface area contributed by atoms with Crippen LogP contribution in [0.25, 0.3) is 0 Å². The first-order chi connectivity index (χ1) is 8.52. The molecule has 1 fully saturated rings. The highest BCUT2D eigenvalue weighted by atomic mass is 35.5. The van der Waals surface area contributed by atoms with Crippen molar-refractivity contribution in [3.63, 3.8) is 0 Å². The number of hydrazine groups is 1. The molecule has 1 aliphatic heterocycles. The van der Waals surface area contributed by atoms with Gasteiger partial charge < -0.3 is 20.5 Å². The van der Waals surface area contributed by atoms with Crippen molar-refractivity contribution in [3.8, 4) is 0 Å². The number of aliphatic hydroxyl groups excluding tert-OH is 2. The molecule has 7 heteroatoms. The first-order valence-electron chi connectivity index (χ1n) is 5.44. The largest absolute Gasteiger partial charge is 0.388 e. The van der Waals surface area contributed by atoms with Gasteiger partial charge in [0.05, 0.1) is 23.5 Å². The van der Waals surface area contributed by atoms with Gasteiger partial charge in [0.2, 0.25) is 0 Å². The van der Waals surface area contributed by atoms with Crippen LogP contribution in [0.1, 0.15) is 10.4 Å². The molecule has 1 heterocycles. The van der Waals surface area contributed by atoms with Crippen LogP contribution in [0.15, 0.2) is 18.2 Å². The van der Waals surface area contributed by atoms with Crippen molar-refractivity contribution >= 4 is 23.2 Å². The third kappa shape index (κ3) is 2.41. The van der Waals surface area contributed by atoms with Gasteiger partial charge in [0, 0.05) is 18.1 Å². The lowest BCUT2D eigenvalue weighted by molar-refractivity contribution is 0.0572. The van der Waals surface area contributed by atoms with Crippen molar-refractivity contribution < 1.29 is 15.0 Å². The third-order valence-corrected chi connectivity index (χ3v) is 3.15. The highest BCUT2D eigenvalue weighted by Crippen LogP contribution is 2.23. The van der Waals surface area contributed by atoms with E-state index in [9.17, 15) is 15.0 Å². The molecule has 2 unspecified atom stereocenters. The molecule has 1 aromatic rings. The number of likely N-dealkylation sites (tertiary alicyclic amines) is 1. The molecule has 98 valence electrons. The third-order valence-electron chi connectivity index (χ3n) is 2.91. The van der Waals surface area contributed by atoms with Crippen molar-refractivity contribution in [1.82, 2.24) is 4.90 Å². The van der Waals surface area contributed by atoms with E-state index in [2.05, 4.69) is 5.43 Å². The fraction of sp³-hybridized carbons (Fsp3) is 0.364. The zero-order valence-electron chi connectivity index (χ0n) is 9.51. The Hall–Kier alpha value is -1.34. The minimum absolute atomic E-state index is 0.0938. The standard InChI is InChI=1S/C11H14ClN3O3/c12-6-1-2-8(14-13)7(3-6)11(18)15-4-9(16)10(17)5-15/h1-3,9-10,14,16-17H,4-5,13H2. The smallest absolute Gasteiger partial charge is 0.256 e. The van der Waals surface area contributed by atoms with E-state index >= 15 is 0 Å². The normalized spacial score (nSPS) is 23.2. The Morgan fingerprint density at radius 3 is 2.56 bits per heavy atom. The lowest BCUT2D eigenvalue weighted by Crippen LogP contribution is -2.30. The van der Waals surface area contributed by atoms with Gasteiger partial charge in [-0.15, -0.1) is 0 Å². The maximum Gasteiger partial charge on any atom is 0.256 e. The van der Waals surface area contributed by atoms with E-state index in [4.69, 9.17) is 17.4 Å². The van der Waals surface area contributed by atoms with Crippen molar-refractivity contribution in [2.45, 2.75) is 12.2 Å². The van der Waals surface area contributed by atoms with Crippen LogP contribution in [0.2, 0.25) is 5.02 Å². The van der Waals surface area contributed by atoms with Gasteiger partial charge in [0.15, 0.2) is 0 Å². The van der Waals surface area contributed by atoms with E-state index in [-0.39, 0.29) is 19.0 Å². The molecule has 18 heavy (non-hydrogen) atoms.